The molecule has 2 N–H and O–H groups in total. The third-order valence-corrected chi connectivity index (χ3v) is 2.84. The molecule has 0 unspecified atom stereocenters. The van der Waals surface area contributed by atoms with Crippen LogP contribution in [0.5, 0.6) is 23.0 Å². The summed E-state index contributed by atoms with van der Waals surface area (Å²) in [6, 6.07) is 4.01. The molecule has 1 aliphatic heterocycles. The molecule has 120 valence electrons. The van der Waals surface area contributed by atoms with E-state index in [0.29, 0.717) is 23.9 Å². The first kappa shape index (κ1) is 16.2. The van der Waals surface area contributed by atoms with Crippen LogP contribution in [0.4, 0.5) is 8.78 Å². The molecule has 2 aromatic carbocycles. The molecule has 3 rings (SSSR count). The van der Waals surface area contributed by atoms with Gasteiger partial charge in [-0.3, -0.25) is 9.59 Å². The highest BCUT2D eigenvalue weighted by Crippen LogP contribution is 2.33. The molecule has 0 atom stereocenters. The molecule has 1 aliphatic rings. The van der Waals surface area contributed by atoms with Gasteiger partial charge in [0.05, 0.1) is 11.1 Å². The minimum atomic E-state index is -0.852. The van der Waals surface area contributed by atoms with Crippen LogP contribution >= 0.6 is 0 Å². The fourth-order valence-corrected chi connectivity index (χ4v) is 1.68. The third kappa shape index (κ3) is 3.54. The van der Waals surface area contributed by atoms with E-state index in [9.17, 15) is 18.4 Å². The highest BCUT2D eigenvalue weighted by molar-refractivity contribution is 5.77. The number of ether oxygens (including phenoxy) is 2. The van der Waals surface area contributed by atoms with E-state index >= 15 is 0 Å². The zero-order valence-corrected chi connectivity index (χ0v) is 11.5. The minimum absolute atomic E-state index is 0.0146. The van der Waals surface area contributed by atoms with Gasteiger partial charge in [-0.2, -0.15) is 0 Å². The molecule has 1 heterocycles. The summed E-state index contributed by atoms with van der Waals surface area (Å²) in [5.74, 6) is -1.76. The number of aromatic hydroxyl groups is 2. The summed E-state index contributed by atoms with van der Waals surface area (Å²) in [6.45, 7) is 0.0804. The van der Waals surface area contributed by atoms with Gasteiger partial charge in [-0.05, 0) is 12.1 Å². The highest BCUT2D eigenvalue weighted by atomic mass is 19.1. The van der Waals surface area contributed by atoms with Gasteiger partial charge in [0, 0.05) is 12.1 Å². The predicted octanol–water partition coefficient (Wildman–Crippen LogP) is 2.42. The van der Waals surface area contributed by atoms with Gasteiger partial charge >= 0.3 is 0 Å². The summed E-state index contributed by atoms with van der Waals surface area (Å²) in [7, 11) is 0. The molecule has 8 heteroatoms. The Bertz CT molecular complexity index is 760. The maximum Gasteiger partial charge on any atom is 0.231 e. The number of rotatable bonds is 2. The zero-order valence-electron chi connectivity index (χ0n) is 11.5. The van der Waals surface area contributed by atoms with Crippen LogP contribution in [0.1, 0.15) is 20.7 Å². The van der Waals surface area contributed by atoms with Crippen molar-refractivity contribution in [3.8, 4) is 23.0 Å². The molecule has 0 saturated heterocycles. The van der Waals surface area contributed by atoms with E-state index in [4.69, 9.17) is 19.7 Å². The monoisotopic (exact) mass is 324 g/mol. The van der Waals surface area contributed by atoms with Gasteiger partial charge in [-0.25, -0.2) is 8.78 Å². The first-order valence-electron chi connectivity index (χ1n) is 6.17. The van der Waals surface area contributed by atoms with Crippen LogP contribution in [0.25, 0.3) is 0 Å². The first-order valence-corrected chi connectivity index (χ1v) is 6.17. The van der Waals surface area contributed by atoms with E-state index in [1.807, 2.05) is 0 Å². The number of carbonyl (C=O) groups is 2. The number of hydrogen-bond acceptors (Lipinski definition) is 6. The Labute approximate surface area is 128 Å². The summed E-state index contributed by atoms with van der Waals surface area (Å²) < 4.78 is 35.3. The first-order chi connectivity index (χ1) is 11.0. The number of aldehydes is 2. The van der Waals surface area contributed by atoms with Gasteiger partial charge in [-0.1, -0.05) is 0 Å². The van der Waals surface area contributed by atoms with Crippen molar-refractivity contribution in [2.75, 3.05) is 6.79 Å². The lowest BCUT2D eigenvalue weighted by Gasteiger charge is -1.98. The largest absolute Gasteiger partial charge is 0.504 e. The predicted molar refractivity (Wildman–Crippen MR) is 73.0 cm³/mol. The molecule has 0 bridgehead atoms. The number of halogens is 2. The van der Waals surface area contributed by atoms with Crippen molar-refractivity contribution >= 4 is 12.6 Å². The van der Waals surface area contributed by atoms with Crippen LogP contribution in [0.2, 0.25) is 0 Å². The normalized spacial score (nSPS) is 11.4. The third-order valence-electron chi connectivity index (χ3n) is 2.84. The minimum Gasteiger partial charge on any atom is -0.504 e. The van der Waals surface area contributed by atoms with Crippen molar-refractivity contribution in [1.29, 1.82) is 0 Å². The number of hydrogen-bond donors (Lipinski definition) is 2. The fourth-order valence-electron chi connectivity index (χ4n) is 1.68. The van der Waals surface area contributed by atoms with Crippen LogP contribution < -0.4 is 9.47 Å². The Balaban J connectivity index is 0.000000168. The molecule has 0 radical (unpaired) electrons. The standard InChI is InChI=1S/C8H5FO3.C7H5FO3/c9-6-2-8-7(11-4-12-8)1-5(6)3-10;8-5-2-7(11)6(10)1-4(5)3-9/h1-3H,4H2;1-3,10-11H. The van der Waals surface area contributed by atoms with Crippen LogP contribution in [-0.2, 0) is 0 Å². The average Bonchev–Trinajstić information content (AvgIpc) is 2.97. The van der Waals surface area contributed by atoms with Crippen molar-refractivity contribution in [2.24, 2.45) is 0 Å². The van der Waals surface area contributed by atoms with Gasteiger partial charge in [0.1, 0.15) is 11.6 Å². The second-order valence-corrected chi connectivity index (χ2v) is 4.33. The van der Waals surface area contributed by atoms with E-state index in [0.717, 1.165) is 12.1 Å². The van der Waals surface area contributed by atoms with Crippen LogP contribution in [0, 0.1) is 11.6 Å². The Morgan fingerprint density at radius 3 is 1.91 bits per heavy atom. The molecule has 6 nitrogen and oxygen atoms in total. The van der Waals surface area contributed by atoms with Crippen LogP contribution in [-0.4, -0.2) is 29.6 Å². The van der Waals surface area contributed by atoms with Crippen molar-refractivity contribution < 1.29 is 38.1 Å². The zero-order chi connectivity index (χ0) is 17.0. The number of fused-ring (bicyclic) bond motifs is 1. The van der Waals surface area contributed by atoms with E-state index in [-0.39, 0.29) is 24.2 Å². The second kappa shape index (κ2) is 6.73. The topological polar surface area (TPSA) is 93.1 Å². The smallest absolute Gasteiger partial charge is 0.231 e. The van der Waals surface area contributed by atoms with Crippen molar-refractivity contribution in [1.82, 2.24) is 0 Å². The molecule has 0 aromatic heterocycles. The molecule has 2 aromatic rings. The SMILES string of the molecule is O=Cc1cc(O)c(O)cc1F.O=Cc1cc2c(cc1F)OCO2. The Kier molecular flexibility index (Phi) is 4.75. The molecular weight excluding hydrogens is 314 g/mol. The quantitative estimate of drug-likeness (QED) is 0.651. The van der Waals surface area contributed by atoms with Crippen molar-refractivity contribution in [3.63, 3.8) is 0 Å². The summed E-state index contributed by atoms with van der Waals surface area (Å²) in [4.78, 5) is 20.3. The Morgan fingerprint density at radius 2 is 1.30 bits per heavy atom. The number of benzene rings is 2. The maximum atomic E-state index is 12.9. The molecule has 0 spiro atoms. The van der Waals surface area contributed by atoms with Gasteiger partial charge < -0.3 is 19.7 Å². The Morgan fingerprint density at radius 1 is 0.826 bits per heavy atom. The van der Waals surface area contributed by atoms with Crippen molar-refractivity contribution in [3.05, 3.63) is 47.0 Å². The lowest BCUT2D eigenvalue weighted by molar-refractivity contribution is 0.111. The summed E-state index contributed by atoms with van der Waals surface area (Å²) in [6.07, 6.45) is 0.700. The number of phenolic OH excluding ortho intramolecular Hbond substituents is 2. The summed E-state index contributed by atoms with van der Waals surface area (Å²) in [5.41, 5.74) is -0.292. The Hall–Kier alpha value is -3.16. The molecule has 0 fully saturated rings. The van der Waals surface area contributed by atoms with Gasteiger partial charge in [0.15, 0.2) is 35.6 Å². The van der Waals surface area contributed by atoms with E-state index in [1.165, 1.54) is 6.07 Å². The highest BCUT2D eigenvalue weighted by Gasteiger charge is 2.16. The molecular formula is C15H10F2O6. The summed E-state index contributed by atoms with van der Waals surface area (Å²) >= 11 is 0. The lowest BCUT2D eigenvalue weighted by atomic mass is 10.2. The fraction of sp³-hybridized carbons (Fsp3) is 0.0667. The second-order valence-electron chi connectivity index (χ2n) is 4.33. The molecule has 0 saturated carbocycles. The van der Waals surface area contributed by atoms with Gasteiger partial charge in [-0.15, -0.1) is 0 Å². The van der Waals surface area contributed by atoms with Gasteiger partial charge in [0.25, 0.3) is 0 Å². The molecule has 23 heavy (non-hydrogen) atoms. The molecule has 0 aliphatic carbocycles. The molecule has 0 amide bonds. The van der Waals surface area contributed by atoms with E-state index in [1.54, 1.807) is 0 Å². The van der Waals surface area contributed by atoms with Crippen molar-refractivity contribution in [2.45, 2.75) is 0 Å². The van der Waals surface area contributed by atoms with Crippen LogP contribution in [0.15, 0.2) is 24.3 Å². The lowest BCUT2D eigenvalue weighted by Crippen LogP contribution is -1.92. The number of carbonyl (C=O) groups excluding carboxylic acids is 2. The van der Waals surface area contributed by atoms with Crippen LogP contribution in [0.3, 0.4) is 0 Å². The summed E-state index contributed by atoms with van der Waals surface area (Å²) in [5, 5.41) is 17.5. The van der Waals surface area contributed by atoms with Gasteiger partial charge in [0.2, 0.25) is 6.79 Å². The van der Waals surface area contributed by atoms with E-state index in [2.05, 4.69) is 0 Å². The maximum absolute atomic E-state index is 12.9. The number of phenols is 2. The average molecular weight is 324 g/mol. The van der Waals surface area contributed by atoms with E-state index < -0.39 is 23.1 Å².